The summed E-state index contributed by atoms with van der Waals surface area (Å²) in [6.07, 6.45) is 3.35. The van der Waals surface area contributed by atoms with Crippen molar-refractivity contribution in [3.8, 4) is 0 Å². The summed E-state index contributed by atoms with van der Waals surface area (Å²) in [5.74, 6) is -0.764. The maximum atomic E-state index is 11.8. The molecule has 2 aromatic carbocycles. The van der Waals surface area contributed by atoms with Crippen molar-refractivity contribution in [1.29, 1.82) is 0 Å². The smallest absolute Gasteiger partial charge is 0.320 e. The number of aromatic nitrogens is 1. The number of rotatable bonds is 4. The van der Waals surface area contributed by atoms with Crippen molar-refractivity contribution in [2.24, 2.45) is 0 Å². The van der Waals surface area contributed by atoms with E-state index in [0.29, 0.717) is 11.4 Å². The second-order valence-electron chi connectivity index (χ2n) is 6.61. The van der Waals surface area contributed by atoms with Crippen LogP contribution in [0.4, 0.5) is 0 Å². The van der Waals surface area contributed by atoms with Crippen molar-refractivity contribution in [1.82, 2.24) is 9.88 Å². The first kappa shape index (κ1) is 17.0. The lowest BCUT2D eigenvalue weighted by Gasteiger charge is -2.32. The number of likely N-dealkylation sites (tertiary alicyclic amines) is 1. The van der Waals surface area contributed by atoms with E-state index in [1.54, 1.807) is 6.20 Å². The highest BCUT2D eigenvalue weighted by molar-refractivity contribution is 6.30. The van der Waals surface area contributed by atoms with E-state index in [4.69, 9.17) is 11.6 Å². The van der Waals surface area contributed by atoms with Crippen LogP contribution in [0.3, 0.4) is 0 Å². The van der Waals surface area contributed by atoms with E-state index in [0.717, 1.165) is 35.0 Å². The first-order valence-electron chi connectivity index (χ1n) is 8.73. The Morgan fingerprint density at radius 3 is 2.69 bits per heavy atom. The molecule has 26 heavy (non-hydrogen) atoms. The van der Waals surface area contributed by atoms with Crippen LogP contribution >= 0.6 is 11.6 Å². The number of benzene rings is 2. The molecule has 1 aliphatic rings. The van der Waals surface area contributed by atoms with Gasteiger partial charge in [-0.25, -0.2) is 0 Å². The zero-order valence-electron chi connectivity index (χ0n) is 14.2. The highest BCUT2D eigenvalue weighted by atomic mass is 35.5. The van der Waals surface area contributed by atoms with E-state index >= 15 is 0 Å². The van der Waals surface area contributed by atoms with Gasteiger partial charge < -0.3 is 5.11 Å². The maximum Gasteiger partial charge on any atom is 0.320 e. The molecule has 1 N–H and O–H groups in total. The molecule has 132 valence electrons. The highest BCUT2D eigenvalue weighted by Crippen LogP contribution is 2.37. The number of nitrogens with zero attached hydrogens (tertiary/aromatic N) is 2. The fraction of sp³-hybridized carbons (Fsp3) is 0.238. The van der Waals surface area contributed by atoms with E-state index in [2.05, 4.69) is 9.88 Å². The summed E-state index contributed by atoms with van der Waals surface area (Å²) < 4.78 is 0. The first-order chi connectivity index (χ1) is 12.6. The van der Waals surface area contributed by atoms with Gasteiger partial charge in [-0.3, -0.25) is 14.7 Å². The molecule has 4 nitrogen and oxygen atoms in total. The third-order valence-corrected chi connectivity index (χ3v) is 5.33. The number of carbonyl (C=O) groups is 1. The fourth-order valence-corrected chi connectivity index (χ4v) is 4.04. The Bertz CT molecular complexity index is 937. The molecule has 2 heterocycles. The number of hydrogen-bond acceptors (Lipinski definition) is 3. The van der Waals surface area contributed by atoms with Gasteiger partial charge >= 0.3 is 5.97 Å². The molecule has 0 bridgehead atoms. The van der Waals surface area contributed by atoms with Crippen molar-refractivity contribution < 1.29 is 9.90 Å². The lowest BCUT2D eigenvalue weighted by Crippen LogP contribution is -2.39. The molecule has 0 radical (unpaired) electrons. The second kappa shape index (κ2) is 7.06. The molecule has 0 aliphatic carbocycles. The van der Waals surface area contributed by atoms with Crippen molar-refractivity contribution in [3.05, 3.63) is 76.9 Å². The van der Waals surface area contributed by atoms with Crippen molar-refractivity contribution in [2.45, 2.75) is 24.9 Å². The summed E-state index contributed by atoms with van der Waals surface area (Å²) in [5, 5.41) is 11.4. The van der Waals surface area contributed by atoms with Crippen LogP contribution in [0.5, 0.6) is 0 Å². The summed E-state index contributed by atoms with van der Waals surface area (Å²) in [6.45, 7) is 0.751. The molecule has 1 saturated heterocycles. The van der Waals surface area contributed by atoms with Crippen LogP contribution in [0, 0.1) is 0 Å². The normalized spacial score (nSPS) is 18.9. The number of fused-ring (bicyclic) bond motifs is 1. The minimum absolute atomic E-state index is 0.149. The number of hydrogen-bond donors (Lipinski definition) is 1. The van der Waals surface area contributed by atoms with Crippen molar-refractivity contribution in [3.63, 3.8) is 0 Å². The van der Waals surface area contributed by atoms with Crippen LogP contribution in [-0.4, -0.2) is 33.5 Å². The number of pyridine rings is 1. The maximum absolute atomic E-state index is 11.8. The molecule has 1 aliphatic heterocycles. The Kier molecular flexibility index (Phi) is 4.62. The van der Waals surface area contributed by atoms with E-state index < -0.39 is 12.0 Å². The molecular weight excluding hydrogens is 348 g/mol. The van der Waals surface area contributed by atoms with Gasteiger partial charge in [0.1, 0.15) is 6.04 Å². The van der Waals surface area contributed by atoms with E-state index in [9.17, 15) is 9.90 Å². The monoisotopic (exact) mass is 366 g/mol. The summed E-state index contributed by atoms with van der Waals surface area (Å²) in [7, 11) is 0. The lowest BCUT2D eigenvalue weighted by molar-refractivity contribution is -0.142. The van der Waals surface area contributed by atoms with Gasteiger partial charge in [0.2, 0.25) is 0 Å². The average molecular weight is 367 g/mol. The lowest BCUT2D eigenvalue weighted by atomic mass is 9.93. The van der Waals surface area contributed by atoms with Gasteiger partial charge in [0, 0.05) is 23.2 Å². The van der Waals surface area contributed by atoms with Gasteiger partial charge in [-0.05, 0) is 48.2 Å². The van der Waals surface area contributed by atoms with Gasteiger partial charge in [0.05, 0.1) is 11.6 Å². The Morgan fingerprint density at radius 2 is 1.92 bits per heavy atom. The average Bonchev–Trinajstić information content (AvgIpc) is 3.13. The Morgan fingerprint density at radius 1 is 1.15 bits per heavy atom. The van der Waals surface area contributed by atoms with Crippen molar-refractivity contribution in [2.75, 3.05) is 6.54 Å². The molecule has 2 atom stereocenters. The molecule has 4 rings (SSSR count). The molecule has 2 unspecified atom stereocenters. The number of halogens is 1. The van der Waals surface area contributed by atoms with Gasteiger partial charge in [-0.2, -0.15) is 0 Å². The molecular formula is C21H19ClN2O2. The number of carboxylic acids is 1. The predicted octanol–water partition coefficient (Wildman–Crippen LogP) is 4.53. The topological polar surface area (TPSA) is 53.4 Å². The highest BCUT2D eigenvalue weighted by Gasteiger charge is 2.37. The molecule has 0 saturated carbocycles. The second-order valence-corrected chi connectivity index (χ2v) is 7.04. The van der Waals surface area contributed by atoms with Gasteiger partial charge in [-0.1, -0.05) is 41.9 Å². The molecule has 0 spiro atoms. The van der Waals surface area contributed by atoms with E-state index in [1.807, 2.05) is 54.6 Å². The van der Waals surface area contributed by atoms with Crippen LogP contribution in [0.2, 0.25) is 5.02 Å². The van der Waals surface area contributed by atoms with E-state index in [-0.39, 0.29) is 6.04 Å². The van der Waals surface area contributed by atoms with Crippen LogP contribution < -0.4 is 0 Å². The standard InChI is InChI=1S/C21H19ClN2O2/c22-15-9-7-14(8-10-15)20(24-13-3-6-19(24)21(25)26)17-11-12-23-18-5-2-1-4-16(17)18/h1-2,4-5,7-12,19-20H,3,6,13H2,(H,25,26). The van der Waals surface area contributed by atoms with Crippen molar-refractivity contribution >= 4 is 28.5 Å². The summed E-state index contributed by atoms with van der Waals surface area (Å²) >= 11 is 6.08. The van der Waals surface area contributed by atoms with Crippen LogP contribution in [0.15, 0.2) is 60.8 Å². The van der Waals surface area contributed by atoms with Gasteiger partial charge in [0.15, 0.2) is 0 Å². The summed E-state index contributed by atoms with van der Waals surface area (Å²) in [6, 6.07) is 17.0. The third kappa shape index (κ3) is 3.06. The van der Waals surface area contributed by atoms with E-state index in [1.165, 1.54) is 0 Å². The van der Waals surface area contributed by atoms with Gasteiger partial charge in [-0.15, -0.1) is 0 Å². The largest absolute Gasteiger partial charge is 0.480 e. The Labute approximate surface area is 157 Å². The number of aliphatic carboxylic acids is 1. The van der Waals surface area contributed by atoms with Crippen LogP contribution in [-0.2, 0) is 4.79 Å². The molecule has 5 heteroatoms. The molecule has 0 amide bonds. The Balaban J connectivity index is 1.90. The summed E-state index contributed by atoms with van der Waals surface area (Å²) in [5.41, 5.74) is 3.03. The quantitative estimate of drug-likeness (QED) is 0.737. The number of para-hydroxylation sites is 1. The third-order valence-electron chi connectivity index (χ3n) is 5.07. The zero-order valence-corrected chi connectivity index (χ0v) is 14.9. The number of carboxylic acid groups (broad SMARTS) is 1. The minimum Gasteiger partial charge on any atom is -0.480 e. The van der Waals surface area contributed by atoms with Gasteiger partial charge in [0.25, 0.3) is 0 Å². The SMILES string of the molecule is O=C(O)C1CCCN1C(c1ccc(Cl)cc1)c1ccnc2ccccc12. The van der Waals surface area contributed by atoms with Crippen LogP contribution in [0.25, 0.3) is 10.9 Å². The van der Waals surface area contributed by atoms with Crippen LogP contribution in [0.1, 0.15) is 30.0 Å². The summed E-state index contributed by atoms with van der Waals surface area (Å²) in [4.78, 5) is 18.4. The Hall–Kier alpha value is -2.43. The molecule has 1 aromatic heterocycles. The molecule has 1 fully saturated rings. The minimum atomic E-state index is -0.764. The first-order valence-corrected chi connectivity index (χ1v) is 9.10. The fourth-order valence-electron chi connectivity index (χ4n) is 3.91. The zero-order chi connectivity index (χ0) is 18.1. The molecule has 3 aromatic rings. The predicted molar refractivity (Wildman–Crippen MR) is 102 cm³/mol.